The fourth-order valence-electron chi connectivity index (χ4n) is 1.33. The number of anilines is 1. The zero-order valence-corrected chi connectivity index (χ0v) is 10.7. The molecule has 0 saturated carbocycles. The summed E-state index contributed by atoms with van der Waals surface area (Å²) in [4.78, 5) is 19.9. The third-order valence-electron chi connectivity index (χ3n) is 2.12. The predicted octanol–water partition coefficient (Wildman–Crippen LogP) is 2.80. The number of nitrogens with one attached hydrogen (secondary N) is 1. The van der Waals surface area contributed by atoms with Crippen molar-refractivity contribution < 1.29 is 4.79 Å². The second-order valence-corrected chi connectivity index (χ2v) is 4.48. The van der Waals surface area contributed by atoms with Gasteiger partial charge in [-0.25, -0.2) is 4.98 Å². The third kappa shape index (κ3) is 3.10. The molecule has 0 aliphatic rings. The van der Waals surface area contributed by atoms with Crippen molar-refractivity contribution in [2.75, 3.05) is 5.32 Å². The standard InChI is InChI=1S/C12H10BrN3O/c1-8-2-3-15-11(4-8)16-12(17)9-5-10(13)7-14-6-9/h2-7H,1H3,(H,15,16,17). The minimum absolute atomic E-state index is 0.225. The Morgan fingerprint density at radius 2 is 2.18 bits per heavy atom. The maximum absolute atomic E-state index is 11.9. The van der Waals surface area contributed by atoms with E-state index in [1.54, 1.807) is 18.5 Å². The van der Waals surface area contributed by atoms with Crippen LogP contribution >= 0.6 is 15.9 Å². The quantitative estimate of drug-likeness (QED) is 0.926. The number of rotatable bonds is 2. The summed E-state index contributed by atoms with van der Waals surface area (Å²) >= 11 is 3.27. The molecule has 0 fully saturated rings. The van der Waals surface area contributed by atoms with Crippen LogP contribution in [-0.2, 0) is 0 Å². The van der Waals surface area contributed by atoms with E-state index in [1.165, 1.54) is 6.20 Å². The number of aryl methyl sites for hydroxylation is 1. The van der Waals surface area contributed by atoms with Crippen LogP contribution in [0.2, 0.25) is 0 Å². The maximum Gasteiger partial charge on any atom is 0.258 e. The zero-order chi connectivity index (χ0) is 12.3. The molecule has 0 spiro atoms. The zero-order valence-electron chi connectivity index (χ0n) is 9.14. The fraction of sp³-hybridized carbons (Fsp3) is 0.0833. The highest BCUT2D eigenvalue weighted by Crippen LogP contribution is 2.12. The first kappa shape index (κ1) is 11.7. The van der Waals surface area contributed by atoms with Crippen molar-refractivity contribution in [3.05, 3.63) is 52.4 Å². The van der Waals surface area contributed by atoms with Gasteiger partial charge >= 0.3 is 0 Å². The smallest absolute Gasteiger partial charge is 0.258 e. The van der Waals surface area contributed by atoms with E-state index in [9.17, 15) is 4.79 Å². The van der Waals surface area contributed by atoms with Crippen LogP contribution < -0.4 is 5.32 Å². The van der Waals surface area contributed by atoms with Crippen molar-refractivity contribution in [1.29, 1.82) is 0 Å². The van der Waals surface area contributed by atoms with Gasteiger partial charge in [0.25, 0.3) is 5.91 Å². The minimum Gasteiger partial charge on any atom is -0.307 e. The minimum atomic E-state index is -0.225. The molecule has 0 aromatic carbocycles. The molecule has 0 atom stereocenters. The van der Waals surface area contributed by atoms with Crippen LogP contribution in [0.15, 0.2) is 41.3 Å². The van der Waals surface area contributed by atoms with Gasteiger partial charge in [0, 0.05) is 23.1 Å². The number of carbonyl (C=O) groups excluding carboxylic acids is 1. The molecule has 2 heterocycles. The lowest BCUT2D eigenvalue weighted by Gasteiger charge is -2.04. The van der Waals surface area contributed by atoms with Gasteiger partial charge in [0.2, 0.25) is 0 Å². The third-order valence-corrected chi connectivity index (χ3v) is 2.56. The van der Waals surface area contributed by atoms with Crippen molar-refractivity contribution in [1.82, 2.24) is 9.97 Å². The van der Waals surface area contributed by atoms with Gasteiger partial charge in [0.05, 0.1) is 5.56 Å². The lowest BCUT2D eigenvalue weighted by Crippen LogP contribution is -2.13. The molecule has 5 heteroatoms. The molecule has 0 radical (unpaired) electrons. The number of carbonyl (C=O) groups is 1. The molecule has 86 valence electrons. The number of hydrogen-bond donors (Lipinski definition) is 1. The molecule has 2 aromatic heterocycles. The van der Waals surface area contributed by atoms with Crippen LogP contribution in [0.3, 0.4) is 0 Å². The average Bonchev–Trinajstić information content (AvgIpc) is 2.29. The van der Waals surface area contributed by atoms with Crippen LogP contribution in [0.25, 0.3) is 0 Å². The van der Waals surface area contributed by atoms with Gasteiger partial charge in [0.15, 0.2) is 0 Å². The van der Waals surface area contributed by atoms with Crippen LogP contribution in [0, 0.1) is 6.92 Å². The molecule has 17 heavy (non-hydrogen) atoms. The Bertz CT molecular complexity index is 557. The van der Waals surface area contributed by atoms with Crippen molar-refractivity contribution in [3.8, 4) is 0 Å². The summed E-state index contributed by atoms with van der Waals surface area (Å²) in [5.41, 5.74) is 1.53. The normalized spacial score (nSPS) is 10.0. The molecule has 4 nitrogen and oxygen atoms in total. The predicted molar refractivity (Wildman–Crippen MR) is 68.9 cm³/mol. The molecule has 0 unspecified atom stereocenters. The Kier molecular flexibility index (Phi) is 3.49. The van der Waals surface area contributed by atoms with E-state index in [-0.39, 0.29) is 5.91 Å². The molecule has 1 N–H and O–H groups in total. The van der Waals surface area contributed by atoms with Gasteiger partial charge < -0.3 is 5.32 Å². The summed E-state index contributed by atoms with van der Waals surface area (Å²) in [7, 11) is 0. The van der Waals surface area contributed by atoms with Crippen LogP contribution in [0.1, 0.15) is 15.9 Å². The lowest BCUT2D eigenvalue weighted by atomic mass is 10.2. The molecule has 1 amide bonds. The van der Waals surface area contributed by atoms with E-state index >= 15 is 0 Å². The van der Waals surface area contributed by atoms with Crippen molar-refractivity contribution in [2.24, 2.45) is 0 Å². The van der Waals surface area contributed by atoms with Crippen LogP contribution in [-0.4, -0.2) is 15.9 Å². The molecule has 0 saturated heterocycles. The molecule has 0 aliphatic carbocycles. The summed E-state index contributed by atoms with van der Waals surface area (Å²) in [5, 5.41) is 2.72. The molecule has 2 aromatic rings. The lowest BCUT2D eigenvalue weighted by molar-refractivity contribution is 0.102. The largest absolute Gasteiger partial charge is 0.307 e. The van der Waals surface area contributed by atoms with E-state index in [4.69, 9.17) is 0 Å². The monoisotopic (exact) mass is 291 g/mol. The van der Waals surface area contributed by atoms with Crippen molar-refractivity contribution >= 4 is 27.7 Å². The molecular weight excluding hydrogens is 282 g/mol. The Hall–Kier alpha value is -1.75. The summed E-state index contributed by atoms with van der Waals surface area (Å²) in [6.07, 6.45) is 4.79. The molecular formula is C12H10BrN3O. The Morgan fingerprint density at radius 3 is 2.88 bits per heavy atom. The fourth-order valence-corrected chi connectivity index (χ4v) is 1.69. The number of halogens is 1. The number of nitrogens with zero attached hydrogens (tertiary/aromatic N) is 2. The number of amides is 1. The molecule has 0 aliphatic heterocycles. The van der Waals surface area contributed by atoms with Gasteiger partial charge in [0.1, 0.15) is 5.82 Å². The Morgan fingerprint density at radius 1 is 1.35 bits per heavy atom. The summed E-state index contributed by atoms with van der Waals surface area (Å²) < 4.78 is 0.766. The second kappa shape index (κ2) is 5.05. The van der Waals surface area contributed by atoms with Gasteiger partial charge in [-0.1, -0.05) is 0 Å². The van der Waals surface area contributed by atoms with Gasteiger partial charge in [-0.3, -0.25) is 9.78 Å². The van der Waals surface area contributed by atoms with Crippen molar-refractivity contribution in [2.45, 2.75) is 6.92 Å². The topological polar surface area (TPSA) is 54.9 Å². The molecule has 0 bridgehead atoms. The van der Waals surface area contributed by atoms with E-state index in [0.29, 0.717) is 11.4 Å². The van der Waals surface area contributed by atoms with Gasteiger partial charge in [-0.15, -0.1) is 0 Å². The summed E-state index contributed by atoms with van der Waals surface area (Å²) in [6.45, 7) is 1.94. The number of aromatic nitrogens is 2. The first-order valence-electron chi connectivity index (χ1n) is 5.00. The van der Waals surface area contributed by atoms with Crippen molar-refractivity contribution in [3.63, 3.8) is 0 Å². The van der Waals surface area contributed by atoms with Crippen LogP contribution in [0.4, 0.5) is 5.82 Å². The van der Waals surface area contributed by atoms with E-state index in [2.05, 4.69) is 31.2 Å². The van der Waals surface area contributed by atoms with E-state index in [0.717, 1.165) is 10.0 Å². The second-order valence-electron chi connectivity index (χ2n) is 3.56. The van der Waals surface area contributed by atoms with Gasteiger partial charge in [-0.05, 0) is 46.6 Å². The first-order chi connectivity index (χ1) is 8.15. The summed E-state index contributed by atoms with van der Waals surface area (Å²) in [5.74, 6) is 0.312. The Balaban J connectivity index is 2.17. The summed E-state index contributed by atoms with van der Waals surface area (Å²) in [6, 6.07) is 5.39. The molecule has 2 rings (SSSR count). The highest BCUT2D eigenvalue weighted by atomic mass is 79.9. The highest BCUT2D eigenvalue weighted by molar-refractivity contribution is 9.10. The number of hydrogen-bond acceptors (Lipinski definition) is 3. The number of pyridine rings is 2. The first-order valence-corrected chi connectivity index (χ1v) is 5.79. The Labute approximate surface area is 107 Å². The van der Waals surface area contributed by atoms with E-state index in [1.807, 2.05) is 19.1 Å². The highest BCUT2D eigenvalue weighted by Gasteiger charge is 2.07. The van der Waals surface area contributed by atoms with Gasteiger partial charge in [-0.2, -0.15) is 0 Å². The van der Waals surface area contributed by atoms with E-state index < -0.39 is 0 Å². The average molecular weight is 292 g/mol. The van der Waals surface area contributed by atoms with Crippen LogP contribution in [0.5, 0.6) is 0 Å². The maximum atomic E-state index is 11.9. The SMILES string of the molecule is Cc1ccnc(NC(=O)c2cncc(Br)c2)c1.